The van der Waals surface area contributed by atoms with Crippen LogP contribution in [0.1, 0.15) is 12.5 Å². The Morgan fingerprint density at radius 2 is 1.89 bits per heavy atom. The summed E-state index contributed by atoms with van der Waals surface area (Å²) in [7, 11) is 0. The lowest BCUT2D eigenvalue weighted by Gasteiger charge is -2.16. The number of benzene rings is 2. The molecule has 0 radical (unpaired) electrons. The molecule has 0 aromatic heterocycles. The van der Waals surface area contributed by atoms with Crippen LogP contribution in [0.15, 0.2) is 46.9 Å². The Morgan fingerprint density at radius 1 is 1.21 bits per heavy atom. The molecule has 2 rings (SSSR count). The van der Waals surface area contributed by atoms with E-state index in [1.807, 2.05) is 19.1 Å². The molecule has 1 unspecified atom stereocenters. The van der Waals surface area contributed by atoms with Crippen molar-refractivity contribution >= 4 is 33.2 Å². The van der Waals surface area contributed by atoms with Gasteiger partial charge in [-0.25, -0.2) is 4.39 Å². The molecule has 1 N–H and O–H groups in total. The minimum Gasteiger partial charge on any atom is -0.380 e. The highest BCUT2D eigenvalue weighted by atomic mass is 79.9. The molecule has 0 spiro atoms. The third-order valence-electron chi connectivity index (χ3n) is 2.81. The van der Waals surface area contributed by atoms with Crippen molar-refractivity contribution in [2.75, 3.05) is 5.32 Å². The van der Waals surface area contributed by atoms with Gasteiger partial charge in [-0.15, -0.1) is 0 Å². The predicted octanol–water partition coefficient (Wildman–Crippen LogP) is 5.28. The molecule has 4 heteroatoms. The molecule has 0 aliphatic rings. The fraction of sp³-hybridized carbons (Fsp3) is 0.200. The van der Waals surface area contributed by atoms with E-state index in [1.165, 1.54) is 5.56 Å². The number of hydrogen-bond acceptors (Lipinski definition) is 1. The molecule has 0 fully saturated rings. The van der Waals surface area contributed by atoms with Crippen molar-refractivity contribution in [1.82, 2.24) is 0 Å². The Balaban J connectivity index is 2.03. The number of anilines is 1. The molecule has 1 atom stereocenters. The van der Waals surface area contributed by atoms with Gasteiger partial charge in [0.2, 0.25) is 0 Å². The Hall–Kier alpha value is -1.06. The van der Waals surface area contributed by atoms with Gasteiger partial charge >= 0.3 is 0 Å². The van der Waals surface area contributed by atoms with Gasteiger partial charge in [0, 0.05) is 10.5 Å². The third kappa shape index (κ3) is 3.95. The smallest absolute Gasteiger partial charge is 0.164 e. The van der Waals surface area contributed by atoms with Gasteiger partial charge in [-0.3, -0.25) is 0 Å². The van der Waals surface area contributed by atoms with E-state index in [1.54, 1.807) is 18.2 Å². The molecule has 2 aromatic carbocycles. The molecule has 2 aromatic rings. The quantitative estimate of drug-likeness (QED) is 0.796. The van der Waals surface area contributed by atoms with Gasteiger partial charge in [0.1, 0.15) is 0 Å². The zero-order valence-electron chi connectivity index (χ0n) is 10.5. The normalized spacial score (nSPS) is 12.2. The second kappa shape index (κ2) is 6.40. The molecular formula is C15H14BrClFN. The lowest BCUT2D eigenvalue weighted by Crippen LogP contribution is -2.18. The lowest BCUT2D eigenvalue weighted by molar-refractivity contribution is 0.626. The molecule has 0 bridgehead atoms. The van der Waals surface area contributed by atoms with E-state index in [9.17, 15) is 4.39 Å². The zero-order chi connectivity index (χ0) is 13.8. The zero-order valence-corrected chi connectivity index (χ0v) is 12.8. The number of nitrogens with one attached hydrogen (secondary N) is 1. The fourth-order valence-corrected chi connectivity index (χ4v) is 2.34. The topological polar surface area (TPSA) is 12.0 Å². The van der Waals surface area contributed by atoms with Crippen LogP contribution in [0.4, 0.5) is 10.1 Å². The summed E-state index contributed by atoms with van der Waals surface area (Å²) in [6.07, 6.45) is 0.819. The molecule has 19 heavy (non-hydrogen) atoms. The molecular weight excluding hydrogens is 329 g/mol. The van der Waals surface area contributed by atoms with Crippen LogP contribution in [0.25, 0.3) is 0 Å². The van der Waals surface area contributed by atoms with Gasteiger partial charge in [0.25, 0.3) is 0 Å². The molecule has 0 aliphatic heterocycles. The monoisotopic (exact) mass is 341 g/mol. The Bertz CT molecular complexity index is 557. The van der Waals surface area contributed by atoms with Gasteiger partial charge < -0.3 is 5.32 Å². The minimum atomic E-state index is -0.396. The van der Waals surface area contributed by atoms with Gasteiger partial charge in [0.05, 0.1) is 10.7 Å². The van der Waals surface area contributed by atoms with E-state index < -0.39 is 5.82 Å². The first-order valence-electron chi connectivity index (χ1n) is 6.01. The van der Waals surface area contributed by atoms with Crippen LogP contribution in [0.2, 0.25) is 5.02 Å². The summed E-state index contributed by atoms with van der Waals surface area (Å²) < 4.78 is 14.8. The maximum atomic E-state index is 13.8. The molecule has 0 saturated carbocycles. The highest BCUT2D eigenvalue weighted by Crippen LogP contribution is 2.23. The molecule has 0 amide bonds. The van der Waals surface area contributed by atoms with Crippen LogP contribution in [0.3, 0.4) is 0 Å². The lowest BCUT2D eigenvalue weighted by atomic mass is 10.1. The Kier molecular flexibility index (Phi) is 4.83. The standard InChI is InChI=1S/C15H14BrClFN/c1-10(9-11-5-7-12(16)8-6-11)19-14-4-2-3-13(17)15(14)18/h2-8,10,19H,9H2,1H3. The average molecular weight is 343 g/mol. The van der Waals surface area contributed by atoms with Crippen molar-refractivity contribution in [3.63, 3.8) is 0 Å². The second-order valence-electron chi connectivity index (χ2n) is 4.48. The summed E-state index contributed by atoms with van der Waals surface area (Å²) in [5.41, 5.74) is 1.64. The number of hydrogen-bond donors (Lipinski definition) is 1. The Labute approximate surface area is 125 Å². The first-order valence-corrected chi connectivity index (χ1v) is 7.18. The van der Waals surface area contributed by atoms with E-state index in [0.717, 1.165) is 10.9 Å². The van der Waals surface area contributed by atoms with Crippen LogP contribution < -0.4 is 5.32 Å². The average Bonchev–Trinajstić information content (AvgIpc) is 2.38. The van der Waals surface area contributed by atoms with Crippen molar-refractivity contribution < 1.29 is 4.39 Å². The molecule has 0 aliphatic carbocycles. The van der Waals surface area contributed by atoms with Crippen molar-refractivity contribution in [1.29, 1.82) is 0 Å². The van der Waals surface area contributed by atoms with Crippen molar-refractivity contribution in [3.8, 4) is 0 Å². The number of halogens is 3. The van der Waals surface area contributed by atoms with Crippen LogP contribution in [-0.2, 0) is 6.42 Å². The summed E-state index contributed by atoms with van der Waals surface area (Å²) >= 11 is 9.16. The summed E-state index contributed by atoms with van der Waals surface area (Å²) in [5, 5.41) is 3.28. The maximum Gasteiger partial charge on any atom is 0.164 e. The first kappa shape index (κ1) is 14.4. The summed E-state index contributed by atoms with van der Waals surface area (Å²) in [5.74, 6) is -0.396. The predicted molar refractivity (Wildman–Crippen MR) is 82.3 cm³/mol. The molecule has 1 nitrogen and oxygen atoms in total. The highest BCUT2D eigenvalue weighted by Gasteiger charge is 2.09. The van der Waals surface area contributed by atoms with Crippen molar-refractivity contribution in [3.05, 3.63) is 63.3 Å². The van der Waals surface area contributed by atoms with Crippen molar-refractivity contribution in [2.24, 2.45) is 0 Å². The van der Waals surface area contributed by atoms with E-state index >= 15 is 0 Å². The van der Waals surface area contributed by atoms with Gasteiger partial charge in [-0.2, -0.15) is 0 Å². The van der Waals surface area contributed by atoms with E-state index in [2.05, 4.69) is 33.4 Å². The fourth-order valence-electron chi connectivity index (χ4n) is 1.91. The van der Waals surface area contributed by atoms with E-state index in [-0.39, 0.29) is 11.1 Å². The van der Waals surface area contributed by atoms with Gasteiger partial charge in [-0.1, -0.05) is 45.7 Å². The van der Waals surface area contributed by atoms with Crippen molar-refractivity contribution in [2.45, 2.75) is 19.4 Å². The van der Waals surface area contributed by atoms with Crippen LogP contribution in [0, 0.1) is 5.82 Å². The van der Waals surface area contributed by atoms with E-state index in [0.29, 0.717) is 5.69 Å². The summed E-state index contributed by atoms with van der Waals surface area (Å²) in [4.78, 5) is 0. The SMILES string of the molecule is CC(Cc1ccc(Br)cc1)Nc1cccc(Cl)c1F. The summed E-state index contributed by atoms with van der Waals surface area (Å²) in [6, 6.07) is 13.2. The van der Waals surface area contributed by atoms with Crippen LogP contribution in [0.5, 0.6) is 0 Å². The van der Waals surface area contributed by atoms with Crippen LogP contribution >= 0.6 is 27.5 Å². The number of rotatable bonds is 4. The molecule has 0 saturated heterocycles. The van der Waals surface area contributed by atoms with Gasteiger partial charge in [-0.05, 0) is 43.2 Å². The van der Waals surface area contributed by atoms with Gasteiger partial charge in [0.15, 0.2) is 5.82 Å². The molecule has 0 heterocycles. The first-order chi connectivity index (χ1) is 9.06. The highest BCUT2D eigenvalue weighted by molar-refractivity contribution is 9.10. The third-order valence-corrected chi connectivity index (χ3v) is 3.63. The largest absolute Gasteiger partial charge is 0.380 e. The van der Waals surface area contributed by atoms with Crippen LogP contribution in [-0.4, -0.2) is 6.04 Å². The van der Waals surface area contributed by atoms with E-state index in [4.69, 9.17) is 11.6 Å². The Morgan fingerprint density at radius 3 is 2.58 bits per heavy atom. The molecule has 100 valence electrons. The minimum absolute atomic E-state index is 0.120. The summed E-state index contributed by atoms with van der Waals surface area (Å²) in [6.45, 7) is 2.02. The second-order valence-corrected chi connectivity index (χ2v) is 5.80. The maximum absolute atomic E-state index is 13.8.